The van der Waals surface area contributed by atoms with Gasteiger partial charge in [-0.3, -0.25) is 0 Å². The molecule has 2 N–H and O–H groups in total. The van der Waals surface area contributed by atoms with Crippen LogP contribution < -0.4 is 11.2 Å². The van der Waals surface area contributed by atoms with E-state index in [2.05, 4.69) is 23.8 Å². The Morgan fingerprint density at radius 1 is 1.27 bits per heavy atom. The van der Waals surface area contributed by atoms with E-state index in [1.54, 1.807) is 12.4 Å². The van der Waals surface area contributed by atoms with Gasteiger partial charge in [-0.25, -0.2) is 9.97 Å². The molecule has 5 nitrogen and oxygen atoms in total. The Hall–Kier alpha value is -1.14. The number of hydrogen-bond donors (Lipinski definition) is 1. The highest BCUT2D eigenvalue weighted by molar-refractivity contribution is 6.62. The van der Waals surface area contributed by atoms with Crippen molar-refractivity contribution in [3.8, 4) is 0 Å². The zero-order valence-electron chi connectivity index (χ0n) is 8.73. The van der Waals surface area contributed by atoms with Crippen molar-refractivity contribution in [2.45, 2.75) is 31.5 Å². The van der Waals surface area contributed by atoms with Gasteiger partial charge in [0.1, 0.15) is 0 Å². The van der Waals surface area contributed by atoms with Crippen molar-refractivity contribution >= 4 is 18.5 Å². The molecule has 6 heteroatoms. The van der Waals surface area contributed by atoms with E-state index in [9.17, 15) is 0 Å². The lowest BCUT2D eigenvalue weighted by molar-refractivity contribution is 0.187. The molecule has 1 aliphatic heterocycles. The van der Waals surface area contributed by atoms with Crippen LogP contribution in [0, 0.1) is 0 Å². The Morgan fingerprint density at radius 3 is 2.33 bits per heavy atom. The van der Waals surface area contributed by atoms with Gasteiger partial charge in [-0.2, -0.15) is 0 Å². The van der Waals surface area contributed by atoms with E-state index in [0.29, 0.717) is 0 Å². The Labute approximate surface area is 88.1 Å². The van der Waals surface area contributed by atoms with Gasteiger partial charge in [0.2, 0.25) is 5.95 Å². The van der Waals surface area contributed by atoms with Crippen LogP contribution in [0.25, 0.3) is 0 Å². The predicted molar refractivity (Wildman–Crippen MR) is 55.4 cm³/mol. The van der Waals surface area contributed by atoms with Gasteiger partial charge in [-0.05, 0) is 13.8 Å². The van der Waals surface area contributed by atoms with Gasteiger partial charge in [0, 0.05) is 24.3 Å². The number of hydrogen-bond acceptors (Lipinski definition) is 5. The van der Waals surface area contributed by atoms with E-state index in [1.807, 2.05) is 0 Å². The van der Waals surface area contributed by atoms with E-state index in [4.69, 9.17) is 15.0 Å². The first-order valence-corrected chi connectivity index (χ1v) is 4.96. The molecule has 1 saturated carbocycles. The fraction of sp³-hybridized carbons (Fsp3) is 0.556. The molecule has 2 unspecified atom stereocenters. The maximum Gasteiger partial charge on any atom is 0.498 e. The lowest BCUT2D eigenvalue weighted by Gasteiger charge is -2.09. The molecule has 78 valence electrons. The summed E-state index contributed by atoms with van der Waals surface area (Å²) < 4.78 is 11.6. The van der Waals surface area contributed by atoms with Gasteiger partial charge >= 0.3 is 7.12 Å². The van der Waals surface area contributed by atoms with E-state index >= 15 is 0 Å². The van der Waals surface area contributed by atoms with Crippen LogP contribution in [0.4, 0.5) is 5.95 Å². The fourth-order valence-corrected chi connectivity index (χ4v) is 2.03. The highest BCUT2D eigenvalue weighted by Gasteiger charge is 2.71. The highest BCUT2D eigenvalue weighted by atomic mass is 16.7. The summed E-state index contributed by atoms with van der Waals surface area (Å²) in [4.78, 5) is 7.83. The summed E-state index contributed by atoms with van der Waals surface area (Å²) in [6.07, 6.45) is 4.24. The second-order valence-electron chi connectivity index (χ2n) is 4.58. The average Bonchev–Trinajstić information content (AvgIpc) is 2.57. The van der Waals surface area contributed by atoms with Gasteiger partial charge < -0.3 is 15.0 Å². The standard InChI is InChI=1S/C9H12BN3O2/c1-8-5-9(8,2)15-10(14-8)6-3-12-7(11)13-4-6/h3-4H,5H2,1-2H3,(H2,11,12,13). The van der Waals surface area contributed by atoms with Crippen molar-refractivity contribution in [2.24, 2.45) is 0 Å². The fourth-order valence-electron chi connectivity index (χ4n) is 2.03. The van der Waals surface area contributed by atoms with Crippen molar-refractivity contribution < 1.29 is 9.31 Å². The Bertz CT molecular complexity index is 396. The third kappa shape index (κ3) is 1.18. The summed E-state index contributed by atoms with van der Waals surface area (Å²) in [5.41, 5.74) is 5.95. The lowest BCUT2D eigenvalue weighted by Crippen LogP contribution is -2.36. The van der Waals surface area contributed by atoms with Crippen LogP contribution in [-0.2, 0) is 9.31 Å². The average molecular weight is 205 g/mol. The maximum atomic E-state index is 5.81. The molecule has 2 atom stereocenters. The molecule has 2 aliphatic rings. The zero-order chi connectivity index (χ0) is 10.7. The van der Waals surface area contributed by atoms with Crippen LogP contribution in [0.2, 0.25) is 0 Å². The Balaban J connectivity index is 1.84. The number of nitrogen functional groups attached to an aromatic ring is 1. The lowest BCUT2D eigenvalue weighted by atomic mass is 9.81. The third-order valence-corrected chi connectivity index (χ3v) is 3.37. The summed E-state index contributed by atoms with van der Waals surface area (Å²) in [5, 5.41) is 0. The van der Waals surface area contributed by atoms with Crippen LogP contribution in [0.3, 0.4) is 0 Å². The molecule has 0 amide bonds. The molecule has 0 aromatic carbocycles. The van der Waals surface area contributed by atoms with Crippen LogP contribution in [0.1, 0.15) is 20.3 Å². The second-order valence-corrected chi connectivity index (χ2v) is 4.58. The molecule has 1 aromatic rings. The van der Waals surface area contributed by atoms with E-state index in [-0.39, 0.29) is 24.3 Å². The number of nitrogens with two attached hydrogens (primary N) is 1. The monoisotopic (exact) mass is 205 g/mol. The number of aromatic nitrogens is 2. The molecule has 1 saturated heterocycles. The topological polar surface area (TPSA) is 70.3 Å². The summed E-state index contributed by atoms with van der Waals surface area (Å²) in [5.74, 6) is 0.263. The minimum atomic E-state index is -0.352. The van der Waals surface area contributed by atoms with Crippen molar-refractivity contribution in [3.63, 3.8) is 0 Å². The minimum absolute atomic E-state index is 0.140. The van der Waals surface area contributed by atoms with Gasteiger partial charge in [-0.15, -0.1) is 0 Å². The maximum absolute atomic E-state index is 5.81. The van der Waals surface area contributed by atoms with Gasteiger partial charge in [0.15, 0.2) is 0 Å². The van der Waals surface area contributed by atoms with Crippen molar-refractivity contribution in [2.75, 3.05) is 5.73 Å². The largest absolute Gasteiger partial charge is 0.498 e. The minimum Gasteiger partial charge on any atom is -0.399 e. The van der Waals surface area contributed by atoms with E-state index < -0.39 is 0 Å². The van der Waals surface area contributed by atoms with Crippen LogP contribution >= 0.6 is 0 Å². The number of fused-ring (bicyclic) bond motifs is 1. The molecule has 0 bridgehead atoms. The van der Waals surface area contributed by atoms with Crippen molar-refractivity contribution in [1.82, 2.24) is 9.97 Å². The number of nitrogens with zero attached hydrogens (tertiary/aromatic N) is 2. The molecule has 1 aromatic heterocycles. The van der Waals surface area contributed by atoms with Crippen LogP contribution in [0.15, 0.2) is 12.4 Å². The zero-order valence-corrected chi connectivity index (χ0v) is 8.73. The number of anilines is 1. The Kier molecular flexibility index (Phi) is 1.53. The van der Waals surface area contributed by atoms with Crippen LogP contribution in [-0.4, -0.2) is 28.3 Å². The first-order chi connectivity index (χ1) is 7.02. The second kappa shape index (κ2) is 2.51. The van der Waals surface area contributed by atoms with Gasteiger partial charge in [0.05, 0.1) is 11.2 Å². The van der Waals surface area contributed by atoms with Crippen molar-refractivity contribution in [3.05, 3.63) is 12.4 Å². The molecule has 2 heterocycles. The molecular formula is C9H12BN3O2. The first kappa shape index (κ1) is 9.12. The smallest absolute Gasteiger partial charge is 0.399 e. The Morgan fingerprint density at radius 2 is 1.80 bits per heavy atom. The SMILES string of the molecule is CC12CC1(C)OB(c1cnc(N)nc1)O2. The summed E-state index contributed by atoms with van der Waals surface area (Å²) in [6, 6.07) is 0. The quantitative estimate of drug-likeness (QED) is 0.638. The number of rotatable bonds is 1. The molecule has 0 radical (unpaired) electrons. The van der Waals surface area contributed by atoms with Gasteiger partial charge in [-0.1, -0.05) is 0 Å². The molecule has 1 aliphatic carbocycles. The summed E-state index contributed by atoms with van der Waals surface area (Å²) >= 11 is 0. The molecule has 3 rings (SSSR count). The molecule has 0 spiro atoms. The van der Waals surface area contributed by atoms with E-state index in [1.165, 1.54) is 0 Å². The normalized spacial score (nSPS) is 37.9. The first-order valence-electron chi connectivity index (χ1n) is 4.96. The summed E-state index contributed by atoms with van der Waals surface area (Å²) in [7, 11) is -0.352. The van der Waals surface area contributed by atoms with Crippen molar-refractivity contribution in [1.29, 1.82) is 0 Å². The molecular weight excluding hydrogens is 193 g/mol. The molecule has 2 fully saturated rings. The van der Waals surface area contributed by atoms with Crippen LogP contribution in [0.5, 0.6) is 0 Å². The van der Waals surface area contributed by atoms with E-state index in [0.717, 1.165) is 11.9 Å². The third-order valence-electron chi connectivity index (χ3n) is 3.37. The predicted octanol–water partition coefficient (Wildman–Crippen LogP) is -0.278. The summed E-state index contributed by atoms with van der Waals surface area (Å²) in [6.45, 7) is 4.12. The molecule has 15 heavy (non-hydrogen) atoms. The highest BCUT2D eigenvalue weighted by Crippen LogP contribution is 2.57. The van der Waals surface area contributed by atoms with Gasteiger partial charge in [0.25, 0.3) is 0 Å².